The van der Waals surface area contributed by atoms with E-state index in [2.05, 4.69) is 36.9 Å². The van der Waals surface area contributed by atoms with Gasteiger partial charge in [-0.05, 0) is 55.5 Å². The van der Waals surface area contributed by atoms with Crippen LogP contribution < -0.4 is 4.74 Å². The van der Waals surface area contributed by atoms with E-state index in [9.17, 15) is 0 Å². The first-order chi connectivity index (χ1) is 8.69. The Morgan fingerprint density at radius 2 is 2.00 bits per heavy atom. The van der Waals surface area contributed by atoms with Crippen LogP contribution in [0.5, 0.6) is 5.75 Å². The summed E-state index contributed by atoms with van der Waals surface area (Å²) in [6.45, 7) is 8.23. The number of benzene rings is 1. The van der Waals surface area contributed by atoms with Crippen LogP contribution in [-0.4, -0.2) is 25.1 Å². The molecule has 0 amide bonds. The minimum atomic E-state index is 0.837. The predicted molar refractivity (Wildman–Crippen MR) is 75.8 cm³/mol. The van der Waals surface area contributed by atoms with Gasteiger partial charge in [0.15, 0.2) is 0 Å². The first kappa shape index (κ1) is 13.4. The van der Waals surface area contributed by atoms with Crippen molar-refractivity contribution in [1.82, 2.24) is 4.90 Å². The maximum atomic E-state index is 5.27. The van der Waals surface area contributed by atoms with Crippen molar-refractivity contribution in [3.63, 3.8) is 0 Å². The van der Waals surface area contributed by atoms with E-state index in [0.717, 1.165) is 24.1 Å². The molecule has 1 aromatic carbocycles. The molecule has 0 unspecified atom stereocenters. The van der Waals surface area contributed by atoms with Crippen LogP contribution in [0.3, 0.4) is 0 Å². The fourth-order valence-corrected chi connectivity index (χ4v) is 2.81. The Kier molecular flexibility index (Phi) is 4.65. The molecular weight excluding hydrogens is 222 g/mol. The van der Waals surface area contributed by atoms with E-state index in [1.807, 2.05) is 6.07 Å². The van der Waals surface area contributed by atoms with Crippen molar-refractivity contribution in [2.45, 2.75) is 33.2 Å². The lowest BCUT2D eigenvalue weighted by atomic mass is 9.86. The van der Waals surface area contributed by atoms with Gasteiger partial charge in [-0.25, -0.2) is 0 Å². The quantitative estimate of drug-likeness (QED) is 0.806. The Labute approximate surface area is 111 Å². The Morgan fingerprint density at radius 3 is 2.61 bits per heavy atom. The van der Waals surface area contributed by atoms with E-state index in [0.29, 0.717) is 0 Å². The molecule has 1 aliphatic rings. The van der Waals surface area contributed by atoms with Gasteiger partial charge >= 0.3 is 0 Å². The second kappa shape index (κ2) is 6.24. The summed E-state index contributed by atoms with van der Waals surface area (Å²) in [5.41, 5.74) is 1.36. The third kappa shape index (κ3) is 3.49. The maximum Gasteiger partial charge on any atom is 0.119 e. The van der Waals surface area contributed by atoms with E-state index in [4.69, 9.17) is 4.74 Å². The minimum Gasteiger partial charge on any atom is -0.497 e. The minimum absolute atomic E-state index is 0.837. The van der Waals surface area contributed by atoms with E-state index in [1.54, 1.807) is 7.11 Å². The van der Waals surface area contributed by atoms with Gasteiger partial charge in [-0.1, -0.05) is 26.0 Å². The second-order valence-electron chi connectivity index (χ2n) is 5.71. The highest BCUT2D eigenvalue weighted by molar-refractivity contribution is 5.28. The molecule has 1 fully saturated rings. The fourth-order valence-electron chi connectivity index (χ4n) is 2.81. The molecule has 2 heteroatoms. The van der Waals surface area contributed by atoms with E-state index in [-0.39, 0.29) is 0 Å². The third-order valence-corrected chi connectivity index (χ3v) is 4.12. The maximum absolute atomic E-state index is 5.27. The van der Waals surface area contributed by atoms with Crippen molar-refractivity contribution in [2.75, 3.05) is 20.2 Å². The van der Waals surface area contributed by atoms with Crippen LogP contribution in [0.1, 0.15) is 32.3 Å². The fraction of sp³-hybridized carbons (Fsp3) is 0.625. The second-order valence-corrected chi connectivity index (χ2v) is 5.71. The molecule has 100 valence electrons. The summed E-state index contributed by atoms with van der Waals surface area (Å²) in [7, 11) is 1.73. The zero-order valence-electron chi connectivity index (χ0n) is 11.9. The molecule has 1 aliphatic heterocycles. The first-order valence-electron chi connectivity index (χ1n) is 7.04. The lowest BCUT2D eigenvalue weighted by molar-refractivity contribution is 0.152. The molecule has 18 heavy (non-hydrogen) atoms. The summed E-state index contributed by atoms with van der Waals surface area (Å²) in [5, 5.41) is 0. The Bertz CT molecular complexity index is 367. The van der Waals surface area contributed by atoms with Gasteiger partial charge in [-0.2, -0.15) is 0 Å². The van der Waals surface area contributed by atoms with Crippen LogP contribution in [0.2, 0.25) is 0 Å². The van der Waals surface area contributed by atoms with Gasteiger partial charge in [0.2, 0.25) is 0 Å². The van der Waals surface area contributed by atoms with Crippen molar-refractivity contribution in [2.24, 2.45) is 11.8 Å². The molecule has 0 aromatic heterocycles. The smallest absolute Gasteiger partial charge is 0.119 e. The highest BCUT2D eigenvalue weighted by Gasteiger charge is 2.21. The summed E-state index contributed by atoms with van der Waals surface area (Å²) in [5.74, 6) is 2.72. The monoisotopic (exact) mass is 247 g/mol. The number of likely N-dealkylation sites (tertiary alicyclic amines) is 1. The number of hydrogen-bond acceptors (Lipinski definition) is 2. The summed E-state index contributed by atoms with van der Waals surface area (Å²) in [4.78, 5) is 2.56. The molecule has 0 saturated carbocycles. The zero-order valence-corrected chi connectivity index (χ0v) is 11.9. The lowest BCUT2D eigenvalue weighted by Gasteiger charge is -2.33. The average molecular weight is 247 g/mol. The topological polar surface area (TPSA) is 12.5 Å². The Hall–Kier alpha value is -1.02. The third-order valence-electron chi connectivity index (χ3n) is 4.12. The van der Waals surface area contributed by atoms with Gasteiger partial charge in [0.25, 0.3) is 0 Å². The zero-order chi connectivity index (χ0) is 13.0. The van der Waals surface area contributed by atoms with Crippen LogP contribution in [0.15, 0.2) is 24.3 Å². The van der Waals surface area contributed by atoms with Gasteiger partial charge in [-0.3, -0.25) is 4.90 Å². The Morgan fingerprint density at radius 1 is 1.28 bits per heavy atom. The standard InChI is InChI=1S/C16H25NO/c1-13(2)15-7-9-17(10-8-15)12-14-5-4-6-16(11-14)18-3/h4-6,11,13,15H,7-10,12H2,1-3H3. The van der Waals surface area contributed by atoms with Crippen LogP contribution in [0, 0.1) is 11.8 Å². The number of ether oxygens (including phenoxy) is 1. The van der Waals surface area contributed by atoms with Gasteiger partial charge in [0, 0.05) is 6.54 Å². The molecule has 0 aliphatic carbocycles. The normalized spacial score (nSPS) is 18.2. The molecule has 1 aromatic rings. The molecular formula is C16H25NO. The van der Waals surface area contributed by atoms with Crippen molar-refractivity contribution in [3.05, 3.63) is 29.8 Å². The number of methoxy groups -OCH3 is 1. The lowest BCUT2D eigenvalue weighted by Crippen LogP contribution is -2.34. The van der Waals surface area contributed by atoms with Crippen molar-refractivity contribution >= 4 is 0 Å². The number of rotatable bonds is 4. The summed E-state index contributed by atoms with van der Waals surface area (Å²) < 4.78 is 5.27. The molecule has 0 bridgehead atoms. The van der Waals surface area contributed by atoms with E-state index >= 15 is 0 Å². The molecule has 0 N–H and O–H groups in total. The molecule has 2 rings (SSSR count). The predicted octanol–water partition coefficient (Wildman–Crippen LogP) is 3.56. The van der Waals surface area contributed by atoms with Crippen LogP contribution in [0.4, 0.5) is 0 Å². The van der Waals surface area contributed by atoms with Crippen LogP contribution in [0.25, 0.3) is 0 Å². The molecule has 0 atom stereocenters. The Balaban J connectivity index is 1.87. The molecule has 2 nitrogen and oxygen atoms in total. The number of nitrogens with zero attached hydrogens (tertiary/aromatic N) is 1. The van der Waals surface area contributed by atoms with Crippen molar-refractivity contribution in [3.8, 4) is 5.75 Å². The number of piperidine rings is 1. The molecule has 0 radical (unpaired) electrons. The van der Waals surface area contributed by atoms with Gasteiger partial charge in [0.05, 0.1) is 7.11 Å². The summed E-state index contributed by atoms with van der Waals surface area (Å²) in [6.07, 6.45) is 2.70. The van der Waals surface area contributed by atoms with Gasteiger partial charge in [0.1, 0.15) is 5.75 Å². The van der Waals surface area contributed by atoms with Crippen molar-refractivity contribution in [1.29, 1.82) is 0 Å². The van der Waals surface area contributed by atoms with E-state index in [1.165, 1.54) is 31.5 Å². The summed E-state index contributed by atoms with van der Waals surface area (Å²) >= 11 is 0. The summed E-state index contributed by atoms with van der Waals surface area (Å²) in [6, 6.07) is 8.43. The van der Waals surface area contributed by atoms with Crippen LogP contribution in [-0.2, 0) is 6.54 Å². The molecule has 1 heterocycles. The SMILES string of the molecule is COc1cccc(CN2CCC(C(C)C)CC2)c1. The van der Waals surface area contributed by atoms with Gasteiger partial charge < -0.3 is 4.74 Å². The molecule has 0 spiro atoms. The number of hydrogen-bond donors (Lipinski definition) is 0. The molecule has 1 saturated heterocycles. The highest BCUT2D eigenvalue weighted by Crippen LogP contribution is 2.25. The van der Waals surface area contributed by atoms with Crippen LogP contribution >= 0.6 is 0 Å². The average Bonchev–Trinajstić information content (AvgIpc) is 2.39. The van der Waals surface area contributed by atoms with E-state index < -0.39 is 0 Å². The first-order valence-corrected chi connectivity index (χ1v) is 7.04. The largest absolute Gasteiger partial charge is 0.497 e. The van der Waals surface area contributed by atoms with Gasteiger partial charge in [-0.15, -0.1) is 0 Å². The highest BCUT2D eigenvalue weighted by atomic mass is 16.5. The van der Waals surface area contributed by atoms with Crippen molar-refractivity contribution < 1.29 is 4.74 Å².